The number of hydrogen-bond donors (Lipinski definition) is 0. The maximum Gasteiger partial charge on any atom is 0.0645 e. The van der Waals surface area contributed by atoms with E-state index in [0.717, 1.165) is 19.8 Å². The van der Waals surface area contributed by atoms with Crippen LogP contribution < -0.4 is 0 Å². The molecular weight excluding hydrogens is 260 g/mol. The molecule has 116 valence electrons. The molecule has 0 unspecified atom stereocenters. The number of ether oxygens (including phenoxy) is 1. The molecule has 3 heteroatoms. The van der Waals surface area contributed by atoms with Crippen molar-refractivity contribution in [2.45, 2.75) is 38.8 Å². The van der Waals surface area contributed by atoms with Crippen molar-refractivity contribution in [2.75, 3.05) is 39.4 Å². The van der Waals surface area contributed by atoms with Gasteiger partial charge in [0.25, 0.3) is 0 Å². The SMILES string of the molecule is CC(C)(C)c1ccc(CN2CCN(C3COC3)CC2)cc1. The highest BCUT2D eigenvalue weighted by Gasteiger charge is 2.28. The summed E-state index contributed by atoms with van der Waals surface area (Å²) >= 11 is 0. The van der Waals surface area contributed by atoms with Gasteiger partial charge in [-0.1, -0.05) is 45.0 Å². The maximum atomic E-state index is 5.29. The fourth-order valence-electron chi connectivity index (χ4n) is 3.09. The normalized spacial score (nSPS) is 22.2. The van der Waals surface area contributed by atoms with Crippen molar-refractivity contribution in [3.8, 4) is 0 Å². The lowest BCUT2D eigenvalue weighted by atomic mass is 9.87. The first-order valence-electron chi connectivity index (χ1n) is 8.16. The van der Waals surface area contributed by atoms with Crippen LogP contribution in [0.3, 0.4) is 0 Å². The van der Waals surface area contributed by atoms with E-state index in [1.54, 1.807) is 0 Å². The van der Waals surface area contributed by atoms with E-state index < -0.39 is 0 Å². The first-order valence-corrected chi connectivity index (χ1v) is 8.16. The average molecular weight is 288 g/mol. The van der Waals surface area contributed by atoms with Crippen molar-refractivity contribution in [1.82, 2.24) is 9.80 Å². The monoisotopic (exact) mass is 288 g/mol. The molecule has 2 saturated heterocycles. The van der Waals surface area contributed by atoms with Gasteiger partial charge in [-0.05, 0) is 16.5 Å². The molecule has 2 heterocycles. The van der Waals surface area contributed by atoms with Gasteiger partial charge >= 0.3 is 0 Å². The van der Waals surface area contributed by atoms with E-state index in [0.29, 0.717) is 6.04 Å². The number of rotatable bonds is 3. The number of piperazine rings is 1. The Labute approximate surface area is 128 Å². The van der Waals surface area contributed by atoms with Crippen molar-refractivity contribution < 1.29 is 4.74 Å². The number of hydrogen-bond acceptors (Lipinski definition) is 3. The second-order valence-corrected chi connectivity index (χ2v) is 7.45. The van der Waals surface area contributed by atoms with Crippen LogP contribution in [0.25, 0.3) is 0 Å². The number of benzene rings is 1. The van der Waals surface area contributed by atoms with Gasteiger partial charge in [0.1, 0.15) is 0 Å². The van der Waals surface area contributed by atoms with Crippen LogP contribution >= 0.6 is 0 Å². The van der Waals surface area contributed by atoms with Gasteiger partial charge in [-0.25, -0.2) is 0 Å². The molecule has 0 spiro atoms. The Balaban J connectivity index is 1.51. The van der Waals surface area contributed by atoms with Crippen LogP contribution in [0.15, 0.2) is 24.3 Å². The Morgan fingerprint density at radius 3 is 2.10 bits per heavy atom. The summed E-state index contributed by atoms with van der Waals surface area (Å²) < 4.78 is 5.29. The van der Waals surface area contributed by atoms with Crippen LogP contribution in [0.1, 0.15) is 31.9 Å². The van der Waals surface area contributed by atoms with Crippen LogP contribution in [0.2, 0.25) is 0 Å². The molecule has 0 atom stereocenters. The van der Waals surface area contributed by atoms with Gasteiger partial charge < -0.3 is 4.74 Å². The molecule has 3 nitrogen and oxygen atoms in total. The lowest BCUT2D eigenvalue weighted by molar-refractivity contribution is -0.0774. The summed E-state index contributed by atoms with van der Waals surface area (Å²) in [5, 5.41) is 0. The largest absolute Gasteiger partial charge is 0.378 e. The predicted octanol–water partition coefficient (Wildman–Crippen LogP) is 2.50. The zero-order chi connectivity index (χ0) is 14.9. The van der Waals surface area contributed by atoms with E-state index in [2.05, 4.69) is 54.8 Å². The predicted molar refractivity (Wildman–Crippen MR) is 86.6 cm³/mol. The molecule has 0 radical (unpaired) electrons. The Morgan fingerprint density at radius 1 is 1.00 bits per heavy atom. The Hall–Kier alpha value is -0.900. The standard InChI is InChI=1S/C18H28N2O/c1-18(2,3)16-6-4-15(5-7-16)12-19-8-10-20(11-9-19)17-13-21-14-17/h4-7,17H,8-14H2,1-3H3. The quantitative estimate of drug-likeness (QED) is 0.850. The molecule has 21 heavy (non-hydrogen) atoms. The van der Waals surface area contributed by atoms with E-state index in [1.807, 2.05) is 0 Å². The third-order valence-corrected chi connectivity index (χ3v) is 4.77. The minimum absolute atomic E-state index is 0.245. The topological polar surface area (TPSA) is 15.7 Å². The van der Waals surface area contributed by atoms with Crippen molar-refractivity contribution in [1.29, 1.82) is 0 Å². The summed E-state index contributed by atoms with van der Waals surface area (Å²) in [5.74, 6) is 0. The molecule has 0 aliphatic carbocycles. The van der Waals surface area contributed by atoms with Gasteiger partial charge in [-0.15, -0.1) is 0 Å². The third-order valence-electron chi connectivity index (χ3n) is 4.77. The lowest BCUT2D eigenvalue weighted by Gasteiger charge is -2.42. The molecule has 0 N–H and O–H groups in total. The van der Waals surface area contributed by atoms with Gasteiger partial charge in [0, 0.05) is 32.7 Å². The molecule has 0 saturated carbocycles. The molecule has 0 amide bonds. The second-order valence-electron chi connectivity index (χ2n) is 7.45. The van der Waals surface area contributed by atoms with Gasteiger partial charge in [-0.3, -0.25) is 9.80 Å². The van der Waals surface area contributed by atoms with E-state index in [1.165, 1.54) is 37.3 Å². The minimum atomic E-state index is 0.245. The molecule has 1 aromatic carbocycles. The summed E-state index contributed by atoms with van der Waals surface area (Å²) in [5.41, 5.74) is 3.10. The zero-order valence-electron chi connectivity index (χ0n) is 13.6. The van der Waals surface area contributed by atoms with Crippen molar-refractivity contribution in [3.05, 3.63) is 35.4 Å². The Bertz CT molecular complexity index is 451. The van der Waals surface area contributed by atoms with Crippen LogP contribution in [0, 0.1) is 0 Å². The van der Waals surface area contributed by atoms with Crippen molar-refractivity contribution >= 4 is 0 Å². The van der Waals surface area contributed by atoms with Gasteiger partial charge in [0.15, 0.2) is 0 Å². The summed E-state index contributed by atoms with van der Waals surface area (Å²) in [6, 6.07) is 9.87. The van der Waals surface area contributed by atoms with Crippen LogP contribution in [0.4, 0.5) is 0 Å². The molecule has 3 rings (SSSR count). The molecular formula is C18H28N2O. The second kappa shape index (κ2) is 6.07. The van der Waals surface area contributed by atoms with Crippen molar-refractivity contribution in [2.24, 2.45) is 0 Å². The van der Waals surface area contributed by atoms with Crippen LogP contribution in [0.5, 0.6) is 0 Å². The number of nitrogens with zero attached hydrogens (tertiary/aromatic N) is 2. The first kappa shape index (κ1) is 15.0. The Morgan fingerprint density at radius 2 is 1.62 bits per heavy atom. The molecule has 1 aromatic rings. The highest BCUT2D eigenvalue weighted by molar-refractivity contribution is 5.27. The zero-order valence-corrected chi connectivity index (χ0v) is 13.6. The van der Waals surface area contributed by atoms with Crippen molar-refractivity contribution in [3.63, 3.8) is 0 Å². The van der Waals surface area contributed by atoms with Gasteiger partial charge in [-0.2, -0.15) is 0 Å². The van der Waals surface area contributed by atoms with Crippen LogP contribution in [-0.2, 0) is 16.7 Å². The molecule has 2 aliphatic heterocycles. The smallest absolute Gasteiger partial charge is 0.0645 e. The average Bonchev–Trinajstić information content (AvgIpc) is 2.39. The fraction of sp³-hybridized carbons (Fsp3) is 0.667. The third kappa shape index (κ3) is 3.65. The highest BCUT2D eigenvalue weighted by Crippen LogP contribution is 2.23. The fourth-order valence-corrected chi connectivity index (χ4v) is 3.09. The maximum absolute atomic E-state index is 5.29. The van der Waals surface area contributed by atoms with E-state index in [9.17, 15) is 0 Å². The molecule has 0 aromatic heterocycles. The molecule has 0 bridgehead atoms. The van der Waals surface area contributed by atoms with Gasteiger partial charge in [0.05, 0.1) is 19.3 Å². The van der Waals surface area contributed by atoms with E-state index in [4.69, 9.17) is 4.74 Å². The lowest BCUT2D eigenvalue weighted by Crippen LogP contribution is -2.56. The molecule has 2 fully saturated rings. The minimum Gasteiger partial charge on any atom is -0.378 e. The summed E-state index contributed by atoms with van der Waals surface area (Å²) in [7, 11) is 0. The highest BCUT2D eigenvalue weighted by atomic mass is 16.5. The molecule has 2 aliphatic rings. The van der Waals surface area contributed by atoms with E-state index >= 15 is 0 Å². The summed E-state index contributed by atoms with van der Waals surface area (Å²) in [6.45, 7) is 14.5. The first-order chi connectivity index (χ1) is 10.0. The summed E-state index contributed by atoms with van der Waals surface area (Å²) in [4.78, 5) is 5.16. The van der Waals surface area contributed by atoms with Gasteiger partial charge in [0.2, 0.25) is 0 Å². The van der Waals surface area contributed by atoms with E-state index in [-0.39, 0.29) is 5.41 Å². The summed E-state index contributed by atoms with van der Waals surface area (Å²) in [6.07, 6.45) is 0. The van der Waals surface area contributed by atoms with Crippen LogP contribution in [-0.4, -0.2) is 55.2 Å². The Kier molecular flexibility index (Phi) is 4.34.